The van der Waals surface area contributed by atoms with Crippen LogP contribution in [0.1, 0.15) is 0 Å². The number of nitrogens with zero attached hydrogens (tertiary/aromatic N) is 1. The van der Waals surface area contributed by atoms with Crippen LogP contribution in [-0.4, -0.2) is 30.7 Å². The number of β-amino-alcohol motifs (C(OH)–C–C–N with tert-alkyl or cyclic N) is 1. The van der Waals surface area contributed by atoms with Gasteiger partial charge in [-0.2, -0.15) is 0 Å². The monoisotopic (exact) mass is 228 g/mol. The normalized spacial score (nSPS) is 14.7. The quantitative estimate of drug-likeness (QED) is 0.784. The molecule has 0 saturated heterocycles. The van der Waals surface area contributed by atoms with Gasteiger partial charge in [-0.15, -0.1) is 0 Å². The summed E-state index contributed by atoms with van der Waals surface area (Å²) < 4.78 is 26.0. The van der Waals surface area contributed by atoms with E-state index in [0.29, 0.717) is 5.69 Å². The summed E-state index contributed by atoms with van der Waals surface area (Å²) in [5.74, 6) is -2.27. The number of rotatable bonds is 2. The van der Waals surface area contributed by atoms with Gasteiger partial charge in [0.05, 0.1) is 24.5 Å². The first-order valence-electron chi connectivity index (χ1n) is 4.77. The van der Waals surface area contributed by atoms with Crippen LogP contribution >= 0.6 is 0 Å². The number of carbonyl (C=O) groups excluding carboxylic acids is 1. The van der Waals surface area contributed by atoms with E-state index in [1.165, 1.54) is 4.90 Å². The lowest BCUT2D eigenvalue weighted by molar-refractivity contribution is -0.117. The van der Waals surface area contributed by atoms with Gasteiger partial charge in [0, 0.05) is 18.7 Å². The number of carbonyl (C=O) groups is 1. The predicted molar refractivity (Wildman–Crippen MR) is 54.3 cm³/mol. The molecule has 2 N–H and O–H groups in total. The second-order valence-electron chi connectivity index (χ2n) is 3.41. The van der Waals surface area contributed by atoms with E-state index in [4.69, 9.17) is 5.11 Å². The molecule has 0 aliphatic carbocycles. The minimum atomic E-state index is -1.02. The molecule has 1 amide bonds. The summed E-state index contributed by atoms with van der Waals surface area (Å²) in [5, 5.41) is 11.5. The maximum Gasteiger partial charge on any atom is 0.246 e. The Balaban J connectivity index is 2.46. The number of hydrogen-bond acceptors (Lipinski definition) is 3. The largest absolute Gasteiger partial charge is 0.395 e. The fourth-order valence-corrected chi connectivity index (χ4v) is 1.65. The third-order valence-electron chi connectivity index (χ3n) is 2.38. The number of fused-ring (bicyclic) bond motifs is 1. The first-order valence-corrected chi connectivity index (χ1v) is 4.77. The van der Waals surface area contributed by atoms with Crippen LogP contribution in [0.15, 0.2) is 12.1 Å². The summed E-state index contributed by atoms with van der Waals surface area (Å²) in [5.41, 5.74) is 0.608. The maximum atomic E-state index is 13.0. The molecule has 0 fully saturated rings. The minimum absolute atomic E-state index is 0.0120. The van der Waals surface area contributed by atoms with Crippen molar-refractivity contribution in [3.8, 4) is 0 Å². The van der Waals surface area contributed by atoms with Crippen molar-refractivity contribution in [1.29, 1.82) is 0 Å². The number of anilines is 2. The molecule has 1 aliphatic rings. The molecule has 0 aromatic heterocycles. The van der Waals surface area contributed by atoms with E-state index in [-0.39, 0.29) is 31.3 Å². The molecule has 16 heavy (non-hydrogen) atoms. The Hall–Kier alpha value is -1.69. The predicted octanol–water partition coefficient (Wildman–Crippen LogP) is 0.716. The van der Waals surface area contributed by atoms with Gasteiger partial charge in [-0.25, -0.2) is 8.78 Å². The van der Waals surface area contributed by atoms with Crippen molar-refractivity contribution in [3.05, 3.63) is 23.8 Å². The van der Waals surface area contributed by atoms with Crippen molar-refractivity contribution in [2.24, 2.45) is 0 Å². The van der Waals surface area contributed by atoms with Crippen LogP contribution in [0.5, 0.6) is 0 Å². The van der Waals surface area contributed by atoms with E-state index < -0.39 is 11.6 Å². The van der Waals surface area contributed by atoms with E-state index in [1.54, 1.807) is 0 Å². The molecule has 1 aromatic carbocycles. The number of hydrogen-bond donors (Lipinski definition) is 2. The summed E-state index contributed by atoms with van der Waals surface area (Å²) in [4.78, 5) is 12.7. The van der Waals surface area contributed by atoms with Crippen molar-refractivity contribution in [2.75, 3.05) is 29.9 Å². The van der Waals surface area contributed by atoms with Crippen LogP contribution < -0.4 is 10.2 Å². The molecule has 1 aromatic rings. The number of aliphatic hydroxyl groups excluding tert-OH is 1. The molecule has 6 heteroatoms. The summed E-state index contributed by atoms with van der Waals surface area (Å²) in [6.45, 7) is -0.152. The van der Waals surface area contributed by atoms with Gasteiger partial charge in [0.15, 0.2) is 11.6 Å². The van der Waals surface area contributed by atoms with Crippen LogP contribution in [0.2, 0.25) is 0 Å². The zero-order chi connectivity index (χ0) is 11.7. The Morgan fingerprint density at radius 1 is 1.38 bits per heavy atom. The smallest absolute Gasteiger partial charge is 0.246 e. The first kappa shape index (κ1) is 10.8. The summed E-state index contributed by atoms with van der Waals surface area (Å²) in [7, 11) is 0. The van der Waals surface area contributed by atoms with Gasteiger partial charge < -0.3 is 15.3 Å². The van der Waals surface area contributed by atoms with Gasteiger partial charge in [-0.05, 0) is 0 Å². The number of halogens is 2. The van der Waals surface area contributed by atoms with Crippen molar-refractivity contribution in [2.45, 2.75) is 0 Å². The third kappa shape index (κ3) is 1.71. The van der Waals surface area contributed by atoms with Crippen LogP contribution in [0.4, 0.5) is 20.2 Å². The fourth-order valence-electron chi connectivity index (χ4n) is 1.65. The summed E-state index contributed by atoms with van der Waals surface area (Å²) >= 11 is 0. The Labute approximate surface area is 90.5 Å². The van der Waals surface area contributed by atoms with Crippen LogP contribution in [-0.2, 0) is 4.79 Å². The molecule has 86 valence electrons. The minimum Gasteiger partial charge on any atom is -0.395 e. The highest BCUT2D eigenvalue weighted by Gasteiger charge is 2.25. The molecule has 0 bridgehead atoms. The molecule has 1 aliphatic heterocycles. The van der Waals surface area contributed by atoms with Crippen molar-refractivity contribution >= 4 is 17.3 Å². The van der Waals surface area contributed by atoms with Crippen LogP contribution in [0.25, 0.3) is 0 Å². The average molecular weight is 228 g/mol. The molecule has 2 rings (SSSR count). The molecule has 1 heterocycles. The van der Waals surface area contributed by atoms with E-state index in [9.17, 15) is 13.6 Å². The highest BCUT2D eigenvalue weighted by molar-refractivity contribution is 6.02. The number of aliphatic hydroxyl groups is 1. The molecule has 0 atom stereocenters. The average Bonchev–Trinajstić information content (AvgIpc) is 2.25. The lowest BCUT2D eigenvalue weighted by atomic mass is 10.2. The second kappa shape index (κ2) is 4.05. The van der Waals surface area contributed by atoms with Gasteiger partial charge in [-0.3, -0.25) is 4.79 Å². The summed E-state index contributed by atoms with van der Waals surface area (Å²) in [6.07, 6.45) is 0. The lowest BCUT2D eigenvalue weighted by Crippen LogP contribution is -2.41. The first-order chi connectivity index (χ1) is 7.63. The molecule has 0 spiro atoms. The Morgan fingerprint density at radius 3 is 2.75 bits per heavy atom. The molecular formula is C10H10F2N2O2. The van der Waals surface area contributed by atoms with Gasteiger partial charge in [0.1, 0.15) is 0 Å². The molecule has 0 saturated carbocycles. The van der Waals surface area contributed by atoms with Gasteiger partial charge in [0.25, 0.3) is 0 Å². The molecule has 0 unspecified atom stereocenters. The zero-order valence-electron chi connectivity index (χ0n) is 8.33. The third-order valence-corrected chi connectivity index (χ3v) is 2.38. The van der Waals surface area contributed by atoms with Crippen molar-refractivity contribution < 1.29 is 18.7 Å². The lowest BCUT2D eigenvalue weighted by Gasteiger charge is -2.29. The summed E-state index contributed by atoms with van der Waals surface area (Å²) in [6, 6.07) is 1.95. The number of benzene rings is 1. The van der Waals surface area contributed by atoms with Gasteiger partial charge in [-0.1, -0.05) is 0 Å². The van der Waals surface area contributed by atoms with E-state index in [2.05, 4.69) is 5.32 Å². The van der Waals surface area contributed by atoms with Gasteiger partial charge >= 0.3 is 0 Å². The number of amides is 1. The van der Waals surface area contributed by atoms with Crippen molar-refractivity contribution in [1.82, 2.24) is 0 Å². The standard InChI is InChI=1S/C10H10F2N2O2/c11-6-3-8-9(4-7(6)12)14(1-2-15)10(16)5-13-8/h3-4,13,15H,1-2,5H2. The fraction of sp³-hybridized carbons (Fsp3) is 0.300. The Kier molecular flexibility index (Phi) is 2.74. The van der Waals surface area contributed by atoms with Crippen LogP contribution in [0.3, 0.4) is 0 Å². The molecule has 0 radical (unpaired) electrons. The van der Waals surface area contributed by atoms with Crippen molar-refractivity contribution in [3.63, 3.8) is 0 Å². The Bertz CT molecular complexity index is 437. The highest BCUT2D eigenvalue weighted by atomic mass is 19.2. The van der Waals surface area contributed by atoms with Gasteiger partial charge in [0.2, 0.25) is 5.91 Å². The maximum absolute atomic E-state index is 13.0. The van der Waals surface area contributed by atoms with E-state index in [1.807, 2.05) is 0 Å². The molecule has 4 nitrogen and oxygen atoms in total. The molecular weight excluding hydrogens is 218 g/mol. The van der Waals surface area contributed by atoms with E-state index >= 15 is 0 Å². The topological polar surface area (TPSA) is 52.6 Å². The number of nitrogens with one attached hydrogen (secondary N) is 1. The highest BCUT2D eigenvalue weighted by Crippen LogP contribution is 2.31. The van der Waals surface area contributed by atoms with E-state index in [0.717, 1.165) is 12.1 Å². The van der Waals surface area contributed by atoms with Crippen LogP contribution in [0, 0.1) is 11.6 Å². The Morgan fingerprint density at radius 2 is 2.06 bits per heavy atom. The SMILES string of the molecule is O=C1CNc2cc(F)c(F)cc2N1CCO. The second-order valence-corrected chi connectivity index (χ2v) is 3.41. The zero-order valence-corrected chi connectivity index (χ0v) is 8.33.